The molecule has 0 amide bonds. The summed E-state index contributed by atoms with van der Waals surface area (Å²) >= 11 is 0. The van der Waals surface area contributed by atoms with Crippen molar-refractivity contribution < 1.29 is 10.2 Å². The van der Waals surface area contributed by atoms with Gasteiger partial charge in [0.05, 0.1) is 11.7 Å². The maximum Gasteiger partial charge on any atom is 0.119 e. The molecular formula is C27H41NO3. The van der Waals surface area contributed by atoms with Gasteiger partial charge in [0.2, 0.25) is 0 Å². The molecule has 0 heterocycles. The Kier molecular flexibility index (Phi) is 7.43. The van der Waals surface area contributed by atoms with Gasteiger partial charge in [-0.2, -0.15) is 4.91 Å². The molecule has 3 aliphatic carbocycles. The molecule has 0 bridgehead atoms. The third-order valence-electron chi connectivity index (χ3n) is 8.03. The third kappa shape index (κ3) is 5.46. The molecule has 4 nitrogen and oxygen atoms in total. The molecule has 0 saturated heterocycles. The maximum atomic E-state index is 11.1. The molecule has 3 aliphatic rings. The highest BCUT2D eigenvalue weighted by Crippen LogP contribution is 2.58. The Balaban J connectivity index is 1.75. The minimum Gasteiger partial charge on any atom is -0.390 e. The Morgan fingerprint density at radius 1 is 1.29 bits per heavy atom. The first-order chi connectivity index (χ1) is 14.5. The van der Waals surface area contributed by atoms with Crippen molar-refractivity contribution in [2.75, 3.05) is 0 Å². The summed E-state index contributed by atoms with van der Waals surface area (Å²) in [4.78, 5) is 11.1. The molecule has 0 spiro atoms. The lowest BCUT2D eigenvalue weighted by molar-refractivity contribution is 0.0689. The standard InChI is InChI=1S/C27H41NO3/c1-18(8-6-14-26(3,4)30)22-12-13-23-21(9-7-15-27(22,23)5)11-10-20-16-24(28-31)19(2)25(29)17-20/h10-11,23-25,29-30H,2,6-9,12-17H2,1,3-5H3/b20-10-,21-11+,22-18+/t23?,24?,25-,27-/m1/s1. The molecule has 0 aromatic heterocycles. The summed E-state index contributed by atoms with van der Waals surface area (Å²) in [5.74, 6) is 0.584. The second-order valence-electron chi connectivity index (χ2n) is 11.0. The number of fused-ring (bicyclic) bond motifs is 1. The van der Waals surface area contributed by atoms with E-state index in [0.717, 1.165) is 31.3 Å². The van der Waals surface area contributed by atoms with Gasteiger partial charge in [0.15, 0.2) is 0 Å². The average molecular weight is 428 g/mol. The minimum absolute atomic E-state index is 0.245. The molecule has 4 heteroatoms. The van der Waals surface area contributed by atoms with Crippen molar-refractivity contribution in [2.24, 2.45) is 16.5 Å². The van der Waals surface area contributed by atoms with Gasteiger partial charge in [0, 0.05) is 0 Å². The monoisotopic (exact) mass is 427 g/mol. The molecule has 0 aromatic carbocycles. The second kappa shape index (κ2) is 9.54. The lowest BCUT2D eigenvalue weighted by Gasteiger charge is -2.40. The number of rotatable bonds is 6. The molecule has 0 aliphatic heterocycles. The summed E-state index contributed by atoms with van der Waals surface area (Å²) in [6.07, 6.45) is 13.8. The fourth-order valence-corrected chi connectivity index (χ4v) is 6.22. The quantitative estimate of drug-likeness (QED) is 0.373. The van der Waals surface area contributed by atoms with Crippen LogP contribution in [0.15, 0.2) is 51.8 Å². The topological polar surface area (TPSA) is 69.9 Å². The first kappa shape index (κ1) is 24.1. The number of aliphatic hydroxyl groups is 2. The van der Waals surface area contributed by atoms with Crippen LogP contribution in [-0.4, -0.2) is 28.0 Å². The molecule has 0 radical (unpaired) electrons. The predicted molar refractivity (Wildman–Crippen MR) is 128 cm³/mol. The van der Waals surface area contributed by atoms with Crippen LogP contribution in [0.25, 0.3) is 0 Å². The van der Waals surface area contributed by atoms with E-state index in [-0.39, 0.29) is 5.41 Å². The van der Waals surface area contributed by atoms with Crippen molar-refractivity contribution in [2.45, 2.75) is 110 Å². The zero-order chi connectivity index (χ0) is 22.8. The summed E-state index contributed by atoms with van der Waals surface area (Å²) in [6.45, 7) is 12.4. The molecule has 172 valence electrons. The van der Waals surface area contributed by atoms with E-state index < -0.39 is 17.7 Å². The highest BCUT2D eigenvalue weighted by molar-refractivity contribution is 5.35. The second-order valence-corrected chi connectivity index (χ2v) is 11.0. The Bertz CT molecular complexity index is 798. The number of nitroso groups, excluding NO2 is 1. The molecule has 3 fully saturated rings. The Labute approximate surface area is 188 Å². The van der Waals surface area contributed by atoms with E-state index in [4.69, 9.17) is 0 Å². The van der Waals surface area contributed by atoms with Gasteiger partial charge < -0.3 is 10.2 Å². The van der Waals surface area contributed by atoms with Crippen LogP contribution in [0.5, 0.6) is 0 Å². The van der Waals surface area contributed by atoms with Crippen LogP contribution in [0, 0.1) is 16.2 Å². The first-order valence-corrected chi connectivity index (χ1v) is 12.0. The zero-order valence-electron chi connectivity index (χ0n) is 19.9. The van der Waals surface area contributed by atoms with Gasteiger partial charge in [-0.15, -0.1) is 0 Å². The van der Waals surface area contributed by atoms with Gasteiger partial charge in [-0.05, 0) is 102 Å². The van der Waals surface area contributed by atoms with Gasteiger partial charge in [-0.3, -0.25) is 0 Å². The van der Waals surface area contributed by atoms with Crippen molar-refractivity contribution in [3.05, 3.63) is 51.5 Å². The zero-order valence-corrected chi connectivity index (χ0v) is 19.9. The van der Waals surface area contributed by atoms with E-state index in [2.05, 4.69) is 37.8 Å². The number of hydrogen-bond acceptors (Lipinski definition) is 4. The van der Waals surface area contributed by atoms with Crippen LogP contribution in [0.3, 0.4) is 0 Å². The minimum atomic E-state index is -0.662. The van der Waals surface area contributed by atoms with Crippen LogP contribution < -0.4 is 0 Å². The summed E-state index contributed by atoms with van der Waals surface area (Å²) in [5, 5.41) is 23.4. The summed E-state index contributed by atoms with van der Waals surface area (Å²) in [7, 11) is 0. The van der Waals surface area contributed by atoms with E-state index in [9.17, 15) is 15.1 Å². The molecule has 3 rings (SSSR count). The van der Waals surface area contributed by atoms with Crippen LogP contribution in [0.4, 0.5) is 0 Å². The lowest BCUT2D eigenvalue weighted by atomic mass is 9.64. The molecule has 31 heavy (non-hydrogen) atoms. The molecule has 3 saturated carbocycles. The van der Waals surface area contributed by atoms with Gasteiger partial charge >= 0.3 is 0 Å². The number of hydrogen-bond donors (Lipinski definition) is 2. The fourth-order valence-electron chi connectivity index (χ4n) is 6.22. The Morgan fingerprint density at radius 2 is 2.03 bits per heavy atom. The molecule has 4 atom stereocenters. The lowest BCUT2D eigenvalue weighted by Crippen LogP contribution is -2.29. The highest BCUT2D eigenvalue weighted by Gasteiger charge is 2.46. The largest absolute Gasteiger partial charge is 0.390 e. The SMILES string of the molecule is C=C1C(N=O)C/C(=C/C=C2\CCC[C@]3(C)/C(=C(\C)CCCC(C)(C)O)CCC23)C[C@H]1O. The predicted octanol–water partition coefficient (Wildman–Crippen LogP) is 6.54. The normalized spacial score (nSPS) is 36.1. The van der Waals surface area contributed by atoms with Crippen molar-refractivity contribution in [1.82, 2.24) is 0 Å². The summed E-state index contributed by atoms with van der Waals surface area (Å²) in [6, 6.07) is -0.502. The van der Waals surface area contributed by atoms with E-state index in [0.29, 0.717) is 24.3 Å². The van der Waals surface area contributed by atoms with Crippen LogP contribution >= 0.6 is 0 Å². The average Bonchev–Trinajstić information content (AvgIpc) is 3.05. The highest BCUT2D eigenvalue weighted by atomic mass is 16.3. The van der Waals surface area contributed by atoms with Crippen LogP contribution in [0.2, 0.25) is 0 Å². The van der Waals surface area contributed by atoms with E-state index in [1.54, 1.807) is 5.57 Å². The van der Waals surface area contributed by atoms with E-state index in [1.165, 1.54) is 36.8 Å². The van der Waals surface area contributed by atoms with Crippen molar-refractivity contribution in [3.8, 4) is 0 Å². The first-order valence-electron chi connectivity index (χ1n) is 12.0. The van der Waals surface area contributed by atoms with Crippen molar-refractivity contribution in [3.63, 3.8) is 0 Å². The van der Waals surface area contributed by atoms with Gasteiger partial charge in [0.1, 0.15) is 6.04 Å². The van der Waals surface area contributed by atoms with Crippen LogP contribution in [0.1, 0.15) is 91.9 Å². The molecule has 2 N–H and O–H groups in total. The van der Waals surface area contributed by atoms with Gasteiger partial charge in [-0.1, -0.05) is 53.1 Å². The number of nitrogens with zero attached hydrogens (tertiary/aromatic N) is 1. The molecular weight excluding hydrogens is 386 g/mol. The van der Waals surface area contributed by atoms with E-state index in [1.807, 2.05) is 13.8 Å². The van der Waals surface area contributed by atoms with Crippen molar-refractivity contribution >= 4 is 0 Å². The maximum absolute atomic E-state index is 11.1. The molecule has 0 aromatic rings. The fraction of sp³-hybridized carbons (Fsp3) is 0.704. The number of allylic oxidation sites excluding steroid dienone is 5. The molecule has 2 unspecified atom stereocenters. The Morgan fingerprint density at radius 3 is 2.71 bits per heavy atom. The number of aliphatic hydroxyl groups excluding tert-OH is 1. The van der Waals surface area contributed by atoms with Gasteiger partial charge in [-0.25, -0.2) is 0 Å². The summed E-state index contributed by atoms with van der Waals surface area (Å²) < 4.78 is 0. The van der Waals surface area contributed by atoms with Crippen LogP contribution in [-0.2, 0) is 0 Å². The van der Waals surface area contributed by atoms with E-state index >= 15 is 0 Å². The van der Waals surface area contributed by atoms with Gasteiger partial charge in [0.25, 0.3) is 0 Å². The smallest absolute Gasteiger partial charge is 0.119 e. The Hall–Kier alpha value is -1.52. The van der Waals surface area contributed by atoms with Crippen molar-refractivity contribution in [1.29, 1.82) is 0 Å². The third-order valence-corrected chi connectivity index (χ3v) is 8.03. The summed E-state index contributed by atoms with van der Waals surface area (Å²) in [5.41, 5.74) is 6.02.